The van der Waals surface area contributed by atoms with Crippen LogP contribution in [-0.2, 0) is 0 Å². The summed E-state index contributed by atoms with van der Waals surface area (Å²) in [5, 5.41) is 6.02. The van der Waals surface area contributed by atoms with Gasteiger partial charge in [-0.15, -0.1) is 0 Å². The van der Waals surface area contributed by atoms with Crippen LogP contribution in [0, 0.1) is 0 Å². The fraction of sp³-hybridized carbons (Fsp3) is 0.368. The number of amides is 1. The van der Waals surface area contributed by atoms with Crippen molar-refractivity contribution in [1.82, 2.24) is 15.2 Å². The Labute approximate surface area is 154 Å². The zero-order chi connectivity index (χ0) is 18.8. The van der Waals surface area contributed by atoms with Crippen LogP contribution in [-0.4, -0.2) is 63.2 Å². The van der Waals surface area contributed by atoms with Crippen molar-refractivity contribution < 1.29 is 14.3 Å². The fourth-order valence-corrected chi connectivity index (χ4v) is 2.15. The Bertz CT molecular complexity index is 672. The topological polar surface area (TPSA) is 75.7 Å². The number of rotatable bonds is 10. The van der Waals surface area contributed by atoms with E-state index in [9.17, 15) is 4.79 Å². The normalized spacial score (nSPS) is 10.5. The van der Waals surface area contributed by atoms with Gasteiger partial charge in [0.25, 0.3) is 5.91 Å². The third-order valence-corrected chi connectivity index (χ3v) is 3.61. The number of likely N-dealkylation sites (N-methyl/N-ethyl adjacent to an activating group) is 1. The molecule has 7 nitrogen and oxygen atoms in total. The maximum absolute atomic E-state index is 12.1. The van der Waals surface area contributed by atoms with Crippen LogP contribution in [0.4, 0.5) is 5.82 Å². The first-order valence-electron chi connectivity index (χ1n) is 8.48. The molecule has 0 radical (unpaired) electrons. The molecule has 2 N–H and O–H groups in total. The quantitative estimate of drug-likeness (QED) is 0.632. The molecule has 0 spiro atoms. The monoisotopic (exact) mass is 358 g/mol. The van der Waals surface area contributed by atoms with Gasteiger partial charge >= 0.3 is 0 Å². The summed E-state index contributed by atoms with van der Waals surface area (Å²) in [6, 6.07) is 10.9. The molecule has 0 fully saturated rings. The second-order valence-electron chi connectivity index (χ2n) is 5.94. The number of nitrogens with zero attached hydrogens (tertiary/aromatic N) is 2. The number of carbonyl (C=O) groups is 1. The van der Waals surface area contributed by atoms with E-state index >= 15 is 0 Å². The molecule has 0 saturated carbocycles. The van der Waals surface area contributed by atoms with Gasteiger partial charge in [0, 0.05) is 19.3 Å². The highest BCUT2D eigenvalue weighted by molar-refractivity contribution is 5.94. The summed E-state index contributed by atoms with van der Waals surface area (Å²) in [6.45, 7) is 2.51. The lowest BCUT2D eigenvalue weighted by Gasteiger charge is -2.11. The van der Waals surface area contributed by atoms with Gasteiger partial charge in [0.15, 0.2) is 0 Å². The number of pyridine rings is 1. The summed E-state index contributed by atoms with van der Waals surface area (Å²) in [5.74, 6) is 2.09. The van der Waals surface area contributed by atoms with Crippen LogP contribution in [0.15, 0.2) is 42.6 Å². The van der Waals surface area contributed by atoms with E-state index in [1.807, 2.05) is 38.4 Å². The Balaban J connectivity index is 1.70. The van der Waals surface area contributed by atoms with Gasteiger partial charge in [-0.25, -0.2) is 4.98 Å². The summed E-state index contributed by atoms with van der Waals surface area (Å²) < 4.78 is 10.7. The van der Waals surface area contributed by atoms with Gasteiger partial charge in [-0.3, -0.25) is 4.79 Å². The average molecular weight is 358 g/mol. The lowest BCUT2D eigenvalue weighted by molar-refractivity contribution is 0.0946. The number of anilines is 1. The number of benzene rings is 1. The van der Waals surface area contributed by atoms with E-state index in [1.54, 1.807) is 25.4 Å². The summed E-state index contributed by atoms with van der Waals surface area (Å²) in [4.78, 5) is 18.4. The summed E-state index contributed by atoms with van der Waals surface area (Å²) in [5.41, 5.74) is 0.521. The van der Waals surface area contributed by atoms with Gasteiger partial charge in [-0.05, 0) is 50.5 Å². The predicted molar refractivity (Wildman–Crippen MR) is 102 cm³/mol. The molecule has 26 heavy (non-hydrogen) atoms. The Morgan fingerprint density at radius 1 is 1.08 bits per heavy atom. The molecule has 0 saturated heterocycles. The van der Waals surface area contributed by atoms with Crippen molar-refractivity contribution >= 4 is 11.7 Å². The highest BCUT2D eigenvalue weighted by Crippen LogP contribution is 2.16. The molecule has 0 bridgehead atoms. The molecular weight excluding hydrogens is 332 g/mol. The van der Waals surface area contributed by atoms with Crippen molar-refractivity contribution in [3.8, 4) is 11.5 Å². The first kappa shape index (κ1) is 19.5. The molecular formula is C19H26N4O3. The van der Waals surface area contributed by atoms with Crippen LogP contribution in [0.1, 0.15) is 10.4 Å². The van der Waals surface area contributed by atoms with Crippen molar-refractivity contribution in [2.75, 3.05) is 52.8 Å². The minimum absolute atomic E-state index is 0.171. The van der Waals surface area contributed by atoms with E-state index in [0.29, 0.717) is 18.7 Å². The van der Waals surface area contributed by atoms with Gasteiger partial charge in [-0.2, -0.15) is 0 Å². The number of aromatic nitrogens is 1. The van der Waals surface area contributed by atoms with Crippen molar-refractivity contribution in [1.29, 1.82) is 0 Å². The molecule has 140 valence electrons. The number of hydrogen-bond donors (Lipinski definition) is 2. The standard InChI is InChI=1S/C19H26N4O3/c1-23(2)12-10-20-18-9-4-15(14-22-18)19(24)21-11-13-26-17-7-5-16(25-3)6-8-17/h4-9,14H,10-13H2,1-3H3,(H,20,22)(H,21,24). The molecule has 1 aromatic heterocycles. The Kier molecular flexibility index (Phi) is 7.70. The largest absolute Gasteiger partial charge is 0.497 e. The molecule has 7 heteroatoms. The van der Waals surface area contributed by atoms with Crippen LogP contribution in [0.25, 0.3) is 0 Å². The van der Waals surface area contributed by atoms with Crippen LogP contribution in [0.2, 0.25) is 0 Å². The van der Waals surface area contributed by atoms with E-state index in [-0.39, 0.29) is 5.91 Å². The summed E-state index contributed by atoms with van der Waals surface area (Å²) in [7, 11) is 5.65. The SMILES string of the molecule is COc1ccc(OCCNC(=O)c2ccc(NCCN(C)C)nc2)cc1. The maximum atomic E-state index is 12.1. The molecule has 0 unspecified atom stereocenters. The minimum Gasteiger partial charge on any atom is -0.497 e. The molecule has 1 heterocycles. The van der Waals surface area contributed by atoms with Crippen LogP contribution in [0.3, 0.4) is 0 Å². The second kappa shape index (κ2) is 10.2. The van der Waals surface area contributed by atoms with Gasteiger partial charge in [0.05, 0.1) is 19.2 Å². The molecule has 0 aliphatic rings. The maximum Gasteiger partial charge on any atom is 0.252 e. The number of methoxy groups -OCH3 is 1. The molecule has 0 aliphatic heterocycles. The van der Waals surface area contributed by atoms with Gasteiger partial charge in [0.2, 0.25) is 0 Å². The smallest absolute Gasteiger partial charge is 0.252 e. The van der Waals surface area contributed by atoms with E-state index in [2.05, 4.69) is 20.5 Å². The first-order chi connectivity index (χ1) is 12.6. The molecule has 2 aromatic rings. The number of ether oxygens (including phenoxy) is 2. The van der Waals surface area contributed by atoms with Gasteiger partial charge < -0.3 is 25.0 Å². The summed E-state index contributed by atoms with van der Waals surface area (Å²) in [6.07, 6.45) is 1.57. The molecule has 2 rings (SSSR count). The lowest BCUT2D eigenvalue weighted by Crippen LogP contribution is -2.28. The van der Waals surface area contributed by atoms with Crippen molar-refractivity contribution in [3.05, 3.63) is 48.2 Å². The minimum atomic E-state index is -0.171. The number of hydrogen-bond acceptors (Lipinski definition) is 6. The Morgan fingerprint density at radius 3 is 2.42 bits per heavy atom. The highest BCUT2D eigenvalue weighted by Gasteiger charge is 2.06. The zero-order valence-electron chi connectivity index (χ0n) is 15.5. The third-order valence-electron chi connectivity index (χ3n) is 3.61. The predicted octanol–water partition coefficient (Wildman–Crippen LogP) is 1.87. The van der Waals surface area contributed by atoms with Gasteiger partial charge in [0.1, 0.15) is 23.9 Å². The average Bonchev–Trinajstić information content (AvgIpc) is 2.66. The van der Waals surface area contributed by atoms with Crippen LogP contribution in [0.5, 0.6) is 11.5 Å². The number of nitrogens with one attached hydrogen (secondary N) is 2. The van der Waals surface area contributed by atoms with Crippen molar-refractivity contribution in [2.45, 2.75) is 0 Å². The fourth-order valence-electron chi connectivity index (χ4n) is 2.15. The molecule has 1 amide bonds. The molecule has 1 aromatic carbocycles. The van der Waals surface area contributed by atoms with Gasteiger partial charge in [-0.1, -0.05) is 0 Å². The third kappa shape index (κ3) is 6.60. The Hall–Kier alpha value is -2.80. The highest BCUT2D eigenvalue weighted by atomic mass is 16.5. The van der Waals surface area contributed by atoms with Crippen LogP contribution >= 0.6 is 0 Å². The Morgan fingerprint density at radius 2 is 1.81 bits per heavy atom. The van der Waals surface area contributed by atoms with E-state index < -0.39 is 0 Å². The van der Waals surface area contributed by atoms with Crippen LogP contribution < -0.4 is 20.1 Å². The first-order valence-corrected chi connectivity index (χ1v) is 8.48. The van der Waals surface area contributed by atoms with Crippen molar-refractivity contribution in [2.24, 2.45) is 0 Å². The summed E-state index contributed by atoms with van der Waals surface area (Å²) >= 11 is 0. The number of carbonyl (C=O) groups excluding carboxylic acids is 1. The molecule has 0 aliphatic carbocycles. The second-order valence-corrected chi connectivity index (χ2v) is 5.94. The zero-order valence-corrected chi connectivity index (χ0v) is 15.5. The van der Waals surface area contributed by atoms with E-state index in [0.717, 1.165) is 30.4 Å². The lowest BCUT2D eigenvalue weighted by atomic mass is 10.2. The molecule has 0 atom stereocenters. The van der Waals surface area contributed by atoms with Crippen molar-refractivity contribution in [3.63, 3.8) is 0 Å². The van der Waals surface area contributed by atoms with E-state index in [1.165, 1.54) is 0 Å². The van der Waals surface area contributed by atoms with E-state index in [4.69, 9.17) is 9.47 Å².